The first-order chi connectivity index (χ1) is 11.7. The van der Waals surface area contributed by atoms with Crippen molar-refractivity contribution in [3.05, 3.63) is 58.9 Å². The second-order valence-corrected chi connectivity index (χ2v) is 5.52. The van der Waals surface area contributed by atoms with Crippen LogP contribution in [0.25, 0.3) is 0 Å². The Morgan fingerprint density at radius 1 is 1.16 bits per heavy atom. The van der Waals surface area contributed by atoms with Crippen LogP contribution >= 0.6 is 0 Å². The number of carbonyl (C=O) groups is 3. The van der Waals surface area contributed by atoms with Gasteiger partial charge in [-0.3, -0.25) is 9.59 Å². The van der Waals surface area contributed by atoms with E-state index in [-0.39, 0.29) is 17.0 Å². The van der Waals surface area contributed by atoms with E-state index in [0.29, 0.717) is 17.8 Å². The summed E-state index contributed by atoms with van der Waals surface area (Å²) in [4.78, 5) is 35.1. The van der Waals surface area contributed by atoms with Gasteiger partial charge in [0.05, 0.1) is 5.56 Å². The van der Waals surface area contributed by atoms with Gasteiger partial charge in [0.15, 0.2) is 0 Å². The maximum absolute atomic E-state index is 12.2. The van der Waals surface area contributed by atoms with Gasteiger partial charge in [-0.05, 0) is 56.7 Å². The number of aromatic carboxylic acids is 1. The molecule has 0 heterocycles. The quantitative estimate of drug-likeness (QED) is 0.561. The highest BCUT2D eigenvalue weighted by atomic mass is 16.4. The molecule has 5 N–H and O–H groups in total. The standard InChI is InChI=1S/C18H23N3O4/c1-4-15(10-5-11(2)19)21-16(22)12(3)20-17(23)13-6-8-14(9-7-13)18(24)25/h5-10,12H,4,19H2,1-3H3,(H,20,23)(H,21,22)(H,24,25)/b11-5+,15-10+. The number of nitrogens with one attached hydrogen (secondary N) is 2. The lowest BCUT2D eigenvalue weighted by Gasteiger charge is -2.15. The summed E-state index contributed by atoms with van der Waals surface area (Å²) in [6.45, 7) is 5.19. The molecule has 0 saturated heterocycles. The van der Waals surface area contributed by atoms with Crippen LogP contribution in [0.1, 0.15) is 47.9 Å². The molecular formula is C18H23N3O4. The van der Waals surface area contributed by atoms with Crippen LogP contribution in [0.15, 0.2) is 47.8 Å². The van der Waals surface area contributed by atoms with Gasteiger partial charge in [-0.1, -0.05) is 6.92 Å². The van der Waals surface area contributed by atoms with Gasteiger partial charge < -0.3 is 21.5 Å². The molecule has 0 saturated carbocycles. The van der Waals surface area contributed by atoms with Crippen LogP contribution in [-0.4, -0.2) is 28.9 Å². The average Bonchev–Trinajstić information content (AvgIpc) is 2.58. The van der Waals surface area contributed by atoms with Crippen LogP contribution in [0, 0.1) is 0 Å². The molecule has 0 aliphatic carbocycles. The van der Waals surface area contributed by atoms with Gasteiger partial charge in [-0.25, -0.2) is 4.79 Å². The van der Waals surface area contributed by atoms with Crippen molar-refractivity contribution in [3.63, 3.8) is 0 Å². The highest BCUT2D eigenvalue weighted by molar-refractivity contribution is 5.98. The number of carbonyl (C=O) groups excluding carboxylic acids is 2. The topological polar surface area (TPSA) is 122 Å². The summed E-state index contributed by atoms with van der Waals surface area (Å²) in [6, 6.07) is 4.71. The van der Waals surface area contributed by atoms with Gasteiger partial charge >= 0.3 is 5.97 Å². The largest absolute Gasteiger partial charge is 0.478 e. The molecule has 25 heavy (non-hydrogen) atoms. The van der Waals surface area contributed by atoms with Gasteiger partial charge in [0, 0.05) is 17.0 Å². The fraction of sp³-hybridized carbons (Fsp3) is 0.278. The van der Waals surface area contributed by atoms with Crippen LogP contribution in [-0.2, 0) is 4.79 Å². The van der Waals surface area contributed by atoms with Crippen molar-refractivity contribution < 1.29 is 19.5 Å². The summed E-state index contributed by atoms with van der Waals surface area (Å²) in [7, 11) is 0. The normalized spacial score (nSPS) is 13.1. The highest BCUT2D eigenvalue weighted by Crippen LogP contribution is 2.05. The molecule has 7 nitrogen and oxygen atoms in total. The fourth-order valence-electron chi connectivity index (χ4n) is 1.86. The van der Waals surface area contributed by atoms with Crippen LogP contribution < -0.4 is 16.4 Å². The Balaban J connectivity index is 2.70. The molecule has 2 amide bonds. The van der Waals surface area contributed by atoms with Crippen molar-refractivity contribution >= 4 is 17.8 Å². The van der Waals surface area contributed by atoms with Crippen molar-refractivity contribution in [1.29, 1.82) is 0 Å². The van der Waals surface area contributed by atoms with Gasteiger partial charge in [0.25, 0.3) is 5.91 Å². The first-order valence-corrected chi connectivity index (χ1v) is 7.82. The average molecular weight is 345 g/mol. The number of carboxylic acids is 1. The van der Waals surface area contributed by atoms with Crippen LogP contribution in [0.4, 0.5) is 0 Å². The van der Waals surface area contributed by atoms with E-state index in [2.05, 4.69) is 10.6 Å². The maximum atomic E-state index is 12.2. The Morgan fingerprint density at radius 2 is 1.72 bits per heavy atom. The number of benzene rings is 1. The van der Waals surface area contributed by atoms with Crippen LogP contribution in [0.3, 0.4) is 0 Å². The molecule has 0 bridgehead atoms. The van der Waals surface area contributed by atoms with Crippen molar-refractivity contribution in [1.82, 2.24) is 10.6 Å². The number of hydrogen-bond acceptors (Lipinski definition) is 4. The minimum Gasteiger partial charge on any atom is -0.478 e. The zero-order valence-electron chi connectivity index (χ0n) is 14.5. The van der Waals surface area contributed by atoms with Crippen LogP contribution in [0.5, 0.6) is 0 Å². The fourth-order valence-corrected chi connectivity index (χ4v) is 1.86. The summed E-state index contributed by atoms with van der Waals surface area (Å²) in [6.07, 6.45) is 4.01. The Hall–Kier alpha value is -3.09. The lowest BCUT2D eigenvalue weighted by molar-refractivity contribution is -0.121. The Kier molecular flexibility index (Phi) is 7.40. The van der Waals surface area contributed by atoms with Crippen molar-refractivity contribution in [2.75, 3.05) is 0 Å². The summed E-state index contributed by atoms with van der Waals surface area (Å²) in [5.41, 5.74) is 7.22. The molecule has 1 aromatic rings. The second kappa shape index (κ2) is 9.27. The third-order valence-electron chi connectivity index (χ3n) is 3.35. The molecule has 1 rings (SSSR count). The molecule has 0 spiro atoms. The van der Waals surface area contributed by atoms with E-state index in [1.54, 1.807) is 26.0 Å². The SMILES string of the molecule is CC/C(=C\C=C(/C)N)NC(=O)C(C)NC(=O)c1ccc(C(=O)O)cc1. The van der Waals surface area contributed by atoms with Gasteiger partial charge in [-0.2, -0.15) is 0 Å². The molecule has 1 aromatic carbocycles. The molecule has 0 aliphatic rings. The number of allylic oxidation sites excluding steroid dienone is 4. The van der Waals surface area contributed by atoms with Crippen molar-refractivity contribution in [2.45, 2.75) is 33.2 Å². The zero-order valence-corrected chi connectivity index (χ0v) is 14.5. The molecule has 1 unspecified atom stereocenters. The van der Waals surface area contributed by atoms with Crippen LogP contribution in [0.2, 0.25) is 0 Å². The van der Waals surface area contributed by atoms with Gasteiger partial charge in [0.1, 0.15) is 6.04 Å². The molecule has 134 valence electrons. The third-order valence-corrected chi connectivity index (χ3v) is 3.35. The smallest absolute Gasteiger partial charge is 0.335 e. The van der Waals surface area contributed by atoms with E-state index in [0.717, 1.165) is 0 Å². The van der Waals surface area contributed by atoms with Crippen molar-refractivity contribution in [2.24, 2.45) is 5.73 Å². The Bertz CT molecular complexity index is 702. The first-order valence-electron chi connectivity index (χ1n) is 7.82. The maximum Gasteiger partial charge on any atom is 0.335 e. The summed E-state index contributed by atoms with van der Waals surface area (Å²) < 4.78 is 0. The number of nitrogens with two attached hydrogens (primary N) is 1. The summed E-state index contributed by atoms with van der Waals surface area (Å²) >= 11 is 0. The summed E-state index contributed by atoms with van der Waals surface area (Å²) in [5, 5.41) is 14.2. The molecule has 0 radical (unpaired) electrons. The minimum atomic E-state index is -1.07. The Morgan fingerprint density at radius 3 is 2.20 bits per heavy atom. The molecule has 0 aromatic heterocycles. The second-order valence-electron chi connectivity index (χ2n) is 5.52. The number of carboxylic acid groups (broad SMARTS) is 1. The van der Waals surface area contributed by atoms with E-state index in [1.807, 2.05) is 6.92 Å². The van der Waals surface area contributed by atoms with E-state index in [1.165, 1.54) is 24.3 Å². The minimum absolute atomic E-state index is 0.0864. The lowest BCUT2D eigenvalue weighted by Crippen LogP contribution is -2.44. The van der Waals surface area contributed by atoms with E-state index < -0.39 is 17.9 Å². The van der Waals surface area contributed by atoms with Gasteiger partial charge in [0.2, 0.25) is 5.91 Å². The van der Waals surface area contributed by atoms with E-state index in [9.17, 15) is 14.4 Å². The molecule has 0 aliphatic heterocycles. The number of amides is 2. The number of rotatable bonds is 7. The lowest BCUT2D eigenvalue weighted by atomic mass is 10.1. The molecule has 7 heteroatoms. The Labute approximate surface area is 146 Å². The number of hydrogen-bond donors (Lipinski definition) is 4. The molecule has 0 fully saturated rings. The van der Waals surface area contributed by atoms with Crippen molar-refractivity contribution in [3.8, 4) is 0 Å². The highest BCUT2D eigenvalue weighted by Gasteiger charge is 2.17. The van der Waals surface area contributed by atoms with Gasteiger partial charge in [-0.15, -0.1) is 0 Å². The zero-order chi connectivity index (χ0) is 19.0. The first kappa shape index (κ1) is 20.0. The monoisotopic (exact) mass is 345 g/mol. The third kappa shape index (κ3) is 6.50. The van der Waals surface area contributed by atoms with E-state index >= 15 is 0 Å². The van der Waals surface area contributed by atoms with E-state index in [4.69, 9.17) is 10.8 Å². The predicted molar refractivity (Wildman–Crippen MR) is 94.8 cm³/mol. The predicted octanol–water partition coefficient (Wildman–Crippen LogP) is 1.78. The molecule has 1 atom stereocenters. The molecular weight excluding hydrogens is 322 g/mol. The summed E-state index contributed by atoms with van der Waals surface area (Å²) in [5.74, 6) is -1.88.